The number of anilines is 1. The summed E-state index contributed by atoms with van der Waals surface area (Å²) in [5.41, 5.74) is 2.46. The molecular weight excluding hydrogens is 242 g/mol. The molecule has 0 spiro atoms. The van der Waals surface area contributed by atoms with Crippen LogP contribution in [0, 0.1) is 0 Å². The number of piperazine rings is 1. The number of thiazole rings is 1. The Labute approximate surface area is 112 Å². The third-order valence-electron chi connectivity index (χ3n) is 3.36. The van der Waals surface area contributed by atoms with E-state index in [0.29, 0.717) is 5.92 Å². The van der Waals surface area contributed by atoms with Crippen LogP contribution in [0.25, 0.3) is 10.2 Å². The minimum Gasteiger partial charge on any atom is -0.369 e. The lowest BCUT2D eigenvalue weighted by Gasteiger charge is -2.29. The lowest BCUT2D eigenvalue weighted by Crippen LogP contribution is -2.43. The van der Waals surface area contributed by atoms with Gasteiger partial charge in [-0.05, 0) is 18.2 Å². The first-order valence-electron chi connectivity index (χ1n) is 6.60. The molecule has 1 aromatic carbocycles. The number of rotatable bonds is 2. The van der Waals surface area contributed by atoms with Gasteiger partial charge in [-0.15, -0.1) is 11.3 Å². The zero-order chi connectivity index (χ0) is 12.5. The molecule has 0 atom stereocenters. The van der Waals surface area contributed by atoms with E-state index in [1.807, 2.05) is 11.3 Å². The van der Waals surface area contributed by atoms with E-state index in [4.69, 9.17) is 4.98 Å². The molecule has 4 heteroatoms. The fourth-order valence-corrected chi connectivity index (χ4v) is 3.25. The standard InChI is InChI=1S/C14H19N3S/c1-10(2)14-16-12-9-11(3-4-13(12)18-14)17-7-5-15-6-8-17/h3-4,9-10,15H,5-8H2,1-2H3. The molecule has 2 heterocycles. The zero-order valence-corrected chi connectivity index (χ0v) is 11.8. The van der Waals surface area contributed by atoms with Crippen LogP contribution < -0.4 is 10.2 Å². The van der Waals surface area contributed by atoms with Crippen molar-refractivity contribution >= 4 is 27.2 Å². The number of benzene rings is 1. The smallest absolute Gasteiger partial charge is 0.0964 e. The first-order chi connectivity index (χ1) is 8.74. The Hall–Kier alpha value is -1.13. The molecule has 0 aliphatic carbocycles. The van der Waals surface area contributed by atoms with Crippen LogP contribution in [0.5, 0.6) is 0 Å². The topological polar surface area (TPSA) is 28.2 Å². The van der Waals surface area contributed by atoms with Gasteiger partial charge < -0.3 is 10.2 Å². The summed E-state index contributed by atoms with van der Waals surface area (Å²) < 4.78 is 1.30. The molecule has 3 rings (SSSR count). The molecule has 2 aromatic rings. The highest BCUT2D eigenvalue weighted by molar-refractivity contribution is 7.18. The largest absolute Gasteiger partial charge is 0.369 e. The molecule has 1 N–H and O–H groups in total. The van der Waals surface area contributed by atoms with E-state index < -0.39 is 0 Å². The summed E-state index contributed by atoms with van der Waals surface area (Å²) >= 11 is 1.82. The van der Waals surface area contributed by atoms with Crippen molar-refractivity contribution in [3.8, 4) is 0 Å². The SMILES string of the molecule is CC(C)c1nc2cc(N3CCNCC3)ccc2s1. The van der Waals surface area contributed by atoms with E-state index in [0.717, 1.165) is 31.7 Å². The first-order valence-corrected chi connectivity index (χ1v) is 7.42. The predicted octanol–water partition coefficient (Wildman–Crippen LogP) is 2.83. The first kappa shape index (κ1) is 11.9. The van der Waals surface area contributed by atoms with Gasteiger partial charge in [0.1, 0.15) is 0 Å². The highest BCUT2D eigenvalue weighted by atomic mass is 32.1. The Kier molecular flexibility index (Phi) is 3.22. The molecule has 0 bridgehead atoms. The summed E-state index contributed by atoms with van der Waals surface area (Å²) in [4.78, 5) is 7.18. The Morgan fingerprint density at radius 2 is 2.06 bits per heavy atom. The van der Waals surface area contributed by atoms with Crippen molar-refractivity contribution in [1.29, 1.82) is 0 Å². The van der Waals surface area contributed by atoms with Crippen LogP contribution >= 0.6 is 11.3 Å². The third-order valence-corrected chi connectivity index (χ3v) is 4.70. The Morgan fingerprint density at radius 1 is 1.28 bits per heavy atom. The van der Waals surface area contributed by atoms with E-state index in [1.165, 1.54) is 15.4 Å². The molecule has 0 amide bonds. The van der Waals surface area contributed by atoms with Crippen molar-refractivity contribution in [2.45, 2.75) is 19.8 Å². The molecule has 96 valence electrons. The summed E-state index contributed by atoms with van der Waals surface area (Å²) in [6.45, 7) is 8.74. The van der Waals surface area contributed by atoms with Gasteiger partial charge in [0.15, 0.2) is 0 Å². The van der Waals surface area contributed by atoms with Crippen molar-refractivity contribution in [2.75, 3.05) is 31.1 Å². The summed E-state index contributed by atoms with van der Waals surface area (Å²) in [5, 5.41) is 4.62. The maximum atomic E-state index is 4.74. The fourth-order valence-electron chi connectivity index (χ4n) is 2.30. The van der Waals surface area contributed by atoms with Gasteiger partial charge in [0, 0.05) is 37.8 Å². The van der Waals surface area contributed by atoms with Gasteiger partial charge in [0.05, 0.1) is 15.2 Å². The highest BCUT2D eigenvalue weighted by Crippen LogP contribution is 2.30. The van der Waals surface area contributed by atoms with Crippen molar-refractivity contribution in [3.63, 3.8) is 0 Å². The lowest BCUT2D eigenvalue weighted by atomic mass is 10.2. The minimum atomic E-state index is 0.519. The molecule has 0 radical (unpaired) electrons. The van der Waals surface area contributed by atoms with Crippen LogP contribution in [0.15, 0.2) is 18.2 Å². The normalized spacial score (nSPS) is 16.7. The van der Waals surface area contributed by atoms with Crippen LogP contribution in [-0.2, 0) is 0 Å². The van der Waals surface area contributed by atoms with Gasteiger partial charge in [0.25, 0.3) is 0 Å². The zero-order valence-electron chi connectivity index (χ0n) is 10.9. The summed E-state index contributed by atoms with van der Waals surface area (Å²) in [6.07, 6.45) is 0. The van der Waals surface area contributed by atoms with E-state index in [2.05, 4.69) is 42.3 Å². The monoisotopic (exact) mass is 261 g/mol. The molecule has 0 saturated carbocycles. The molecule has 1 fully saturated rings. The van der Waals surface area contributed by atoms with Crippen LogP contribution in [0.2, 0.25) is 0 Å². The van der Waals surface area contributed by atoms with Crippen molar-refractivity contribution in [2.24, 2.45) is 0 Å². The Morgan fingerprint density at radius 3 is 2.78 bits per heavy atom. The van der Waals surface area contributed by atoms with Crippen LogP contribution in [0.4, 0.5) is 5.69 Å². The molecule has 0 unspecified atom stereocenters. The molecule has 18 heavy (non-hydrogen) atoms. The molecule has 1 aliphatic heterocycles. The van der Waals surface area contributed by atoms with Gasteiger partial charge in [-0.25, -0.2) is 4.98 Å². The maximum Gasteiger partial charge on any atom is 0.0964 e. The second kappa shape index (κ2) is 4.86. The van der Waals surface area contributed by atoms with Crippen molar-refractivity contribution < 1.29 is 0 Å². The summed E-state index contributed by atoms with van der Waals surface area (Å²) in [5.74, 6) is 0.519. The van der Waals surface area contributed by atoms with E-state index in [-0.39, 0.29) is 0 Å². The van der Waals surface area contributed by atoms with Gasteiger partial charge in [-0.2, -0.15) is 0 Å². The summed E-state index contributed by atoms with van der Waals surface area (Å²) in [7, 11) is 0. The maximum absolute atomic E-state index is 4.74. The average molecular weight is 261 g/mol. The number of hydrogen-bond acceptors (Lipinski definition) is 4. The van der Waals surface area contributed by atoms with E-state index in [1.54, 1.807) is 0 Å². The number of fused-ring (bicyclic) bond motifs is 1. The van der Waals surface area contributed by atoms with Gasteiger partial charge in [0.2, 0.25) is 0 Å². The fraction of sp³-hybridized carbons (Fsp3) is 0.500. The number of nitrogens with zero attached hydrogens (tertiary/aromatic N) is 2. The second-order valence-corrected chi connectivity index (χ2v) is 6.16. The molecular formula is C14H19N3S. The van der Waals surface area contributed by atoms with Crippen LogP contribution in [0.1, 0.15) is 24.8 Å². The van der Waals surface area contributed by atoms with Crippen molar-refractivity contribution in [1.82, 2.24) is 10.3 Å². The molecule has 1 saturated heterocycles. The van der Waals surface area contributed by atoms with E-state index >= 15 is 0 Å². The quantitative estimate of drug-likeness (QED) is 0.901. The number of aromatic nitrogens is 1. The number of nitrogens with one attached hydrogen (secondary N) is 1. The van der Waals surface area contributed by atoms with Crippen LogP contribution in [0.3, 0.4) is 0 Å². The molecule has 3 nitrogen and oxygen atoms in total. The molecule has 1 aromatic heterocycles. The van der Waals surface area contributed by atoms with Gasteiger partial charge in [-0.3, -0.25) is 0 Å². The summed E-state index contributed by atoms with van der Waals surface area (Å²) in [6, 6.07) is 6.69. The molecule has 1 aliphatic rings. The predicted molar refractivity (Wildman–Crippen MR) is 78.8 cm³/mol. The Balaban J connectivity index is 1.94. The highest BCUT2D eigenvalue weighted by Gasteiger charge is 2.13. The third kappa shape index (κ3) is 2.22. The van der Waals surface area contributed by atoms with Crippen molar-refractivity contribution in [3.05, 3.63) is 23.2 Å². The van der Waals surface area contributed by atoms with Gasteiger partial charge >= 0.3 is 0 Å². The Bertz CT molecular complexity index is 541. The average Bonchev–Trinajstić information content (AvgIpc) is 2.82. The number of hydrogen-bond donors (Lipinski definition) is 1. The lowest BCUT2D eigenvalue weighted by molar-refractivity contribution is 0.589. The van der Waals surface area contributed by atoms with E-state index in [9.17, 15) is 0 Å². The minimum absolute atomic E-state index is 0.519. The second-order valence-electron chi connectivity index (χ2n) is 5.10. The van der Waals surface area contributed by atoms with Crippen LogP contribution in [-0.4, -0.2) is 31.2 Å². The van der Waals surface area contributed by atoms with Gasteiger partial charge in [-0.1, -0.05) is 13.8 Å².